The van der Waals surface area contributed by atoms with E-state index in [1.807, 2.05) is 0 Å². The molecule has 2 aromatic rings. The summed E-state index contributed by atoms with van der Waals surface area (Å²) in [5.41, 5.74) is -0.489. The molecule has 3 rings (SSSR count). The lowest BCUT2D eigenvalue weighted by molar-refractivity contribution is 0.0690. The minimum absolute atomic E-state index is 0.0468. The minimum Gasteiger partial charge on any atom is -0.477 e. The molecule has 19 heavy (non-hydrogen) atoms. The number of carboxylic acids is 1. The Balaban J connectivity index is 2.55. The summed E-state index contributed by atoms with van der Waals surface area (Å²) in [4.78, 5) is 23.4. The Bertz CT molecular complexity index is 787. The lowest BCUT2D eigenvalue weighted by Crippen LogP contribution is -2.20. The van der Waals surface area contributed by atoms with E-state index in [4.69, 9.17) is 16.7 Å². The van der Waals surface area contributed by atoms with Gasteiger partial charge >= 0.3 is 5.97 Å². The van der Waals surface area contributed by atoms with E-state index in [0.717, 1.165) is 6.07 Å². The van der Waals surface area contributed by atoms with Crippen molar-refractivity contribution in [1.29, 1.82) is 0 Å². The van der Waals surface area contributed by atoms with Crippen molar-refractivity contribution in [3.8, 4) is 0 Å². The van der Waals surface area contributed by atoms with Crippen LogP contribution in [0.15, 0.2) is 22.0 Å². The van der Waals surface area contributed by atoms with Crippen LogP contribution in [0.2, 0.25) is 5.02 Å². The molecule has 1 aliphatic rings. The summed E-state index contributed by atoms with van der Waals surface area (Å²) in [7, 11) is 0. The number of aryl methyl sites for hydroxylation is 1. The van der Waals surface area contributed by atoms with Crippen LogP contribution >= 0.6 is 23.4 Å². The Morgan fingerprint density at radius 2 is 2.21 bits per heavy atom. The third-order valence-electron chi connectivity index (χ3n) is 3.03. The van der Waals surface area contributed by atoms with Crippen LogP contribution in [0.4, 0.5) is 4.39 Å². The molecule has 0 atom stereocenters. The fourth-order valence-corrected chi connectivity index (χ4v) is 3.51. The van der Waals surface area contributed by atoms with Gasteiger partial charge in [-0.2, -0.15) is 0 Å². The predicted molar refractivity (Wildman–Crippen MR) is 70.9 cm³/mol. The van der Waals surface area contributed by atoms with Crippen molar-refractivity contribution in [3.05, 3.63) is 38.8 Å². The maximum Gasteiger partial charge on any atom is 0.342 e. The van der Waals surface area contributed by atoms with E-state index in [2.05, 4.69) is 0 Å². The van der Waals surface area contributed by atoms with Crippen LogP contribution in [0.5, 0.6) is 0 Å². The second-order valence-corrected chi connectivity index (χ2v) is 5.59. The number of halogens is 2. The molecule has 1 aromatic heterocycles. The molecule has 2 heterocycles. The van der Waals surface area contributed by atoms with Crippen molar-refractivity contribution < 1.29 is 14.3 Å². The second-order valence-electron chi connectivity index (χ2n) is 4.10. The number of hydrogen-bond donors (Lipinski definition) is 1. The lowest BCUT2D eigenvalue weighted by Gasteiger charge is -2.11. The van der Waals surface area contributed by atoms with Gasteiger partial charge in [-0.1, -0.05) is 11.6 Å². The molecule has 0 fully saturated rings. The summed E-state index contributed by atoms with van der Waals surface area (Å²) >= 11 is 7.04. The number of carboxylic acid groups (broad SMARTS) is 1. The van der Waals surface area contributed by atoms with E-state index < -0.39 is 17.2 Å². The number of pyridine rings is 1. The molecule has 98 valence electrons. The molecule has 7 heteroatoms. The number of aromatic nitrogens is 1. The molecule has 0 saturated carbocycles. The van der Waals surface area contributed by atoms with Gasteiger partial charge in [-0.25, -0.2) is 9.18 Å². The first-order chi connectivity index (χ1) is 9.00. The molecular weight excluding hydrogens is 293 g/mol. The van der Waals surface area contributed by atoms with Gasteiger partial charge < -0.3 is 9.67 Å². The first-order valence-electron chi connectivity index (χ1n) is 5.42. The van der Waals surface area contributed by atoms with Gasteiger partial charge in [0.2, 0.25) is 5.43 Å². The molecule has 0 amide bonds. The summed E-state index contributed by atoms with van der Waals surface area (Å²) in [6.07, 6.45) is 0. The molecule has 0 bridgehead atoms. The lowest BCUT2D eigenvalue weighted by atomic mass is 10.1. The smallest absolute Gasteiger partial charge is 0.342 e. The van der Waals surface area contributed by atoms with Crippen LogP contribution in [0.3, 0.4) is 0 Å². The van der Waals surface area contributed by atoms with E-state index in [1.54, 1.807) is 4.57 Å². The topological polar surface area (TPSA) is 59.3 Å². The van der Waals surface area contributed by atoms with Crippen LogP contribution in [-0.4, -0.2) is 21.4 Å². The van der Waals surface area contributed by atoms with E-state index in [-0.39, 0.29) is 16.0 Å². The van der Waals surface area contributed by atoms with Crippen LogP contribution in [0.25, 0.3) is 10.9 Å². The zero-order chi connectivity index (χ0) is 13.7. The quantitative estimate of drug-likeness (QED) is 0.879. The maximum atomic E-state index is 13.5. The predicted octanol–water partition coefficient (Wildman–Crippen LogP) is 2.60. The highest BCUT2D eigenvalue weighted by Crippen LogP contribution is 2.32. The molecule has 0 unspecified atom stereocenters. The van der Waals surface area contributed by atoms with Gasteiger partial charge in [0.05, 0.1) is 15.6 Å². The van der Waals surface area contributed by atoms with Gasteiger partial charge in [0.15, 0.2) is 0 Å². The Hall–Kier alpha value is -1.53. The summed E-state index contributed by atoms with van der Waals surface area (Å²) in [6.45, 7) is 0.568. The molecule has 1 aromatic carbocycles. The maximum absolute atomic E-state index is 13.5. The molecule has 0 radical (unpaired) electrons. The number of fused-ring (bicyclic) bond motifs is 3. The summed E-state index contributed by atoms with van der Waals surface area (Å²) < 4.78 is 15.2. The van der Waals surface area contributed by atoms with Crippen molar-refractivity contribution in [2.75, 3.05) is 5.75 Å². The third-order valence-corrected chi connectivity index (χ3v) is 4.40. The standard InChI is InChI=1S/C12H7ClFNO3S/c13-6-4-8-5(3-7(6)14)10(16)9(12(17)18)11-15(8)1-2-19-11/h3-4H,1-2H2,(H,17,18). The van der Waals surface area contributed by atoms with E-state index in [1.165, 1.54) is 17.8 Å². The average Bonchev–Trinajstić information content (AvgIpc) is 2.80. The Morgan fingerprint density at radius 3 is 2.89 bits per heavy atom. The van der Waals surface area contributed by atoms with Crippen molar-refractivity contribution >= 4 is 40.2 Å². The largest absolute Gasteiger partial charge is 0.477 e. The SMILES string of the molecule is O=C(O)c1c2n(c3cc(Cl)c(F)cc3c1=O)CCS2. The van der Waals surface area contributed by atoms with Crippen molar-refractivity contribution in [2.24, 2.45) is 0 Å². The van der Waals surface area contributed by atoms with Crippen LogP contribution in [0, 0.1) is 5.82 Å². The Labute approximate surface area is 115 Å². The Kier molecular flexibility index (Phi) is 2.79. The van der Waals surface area contributed by atoms with Gasteiger partial charge in [-0.3, -0.25) is 4.79 Å². The first-order valence-corrected chi connectivity index (χ1v) is 6.78. The highest BCUT2D eigenvalue weighted by Gasteiger charge is 2.26. The van der Waals surface area contributed by atoms with Gasteiger partial charge in [-0.15, -0.1) is 11.8 Å². The Morgan fingerprint density at radius 1 is 1.47 bits per heavy atom. The fourth-order valence-electron chi connectivity index (χ4n) is 2.21. The van der Waals surface area contributed by atoms with E-state index in [9.17, 15) is 14.0 Å². The van der Waals surface area contributed by atoms with E-state index in [0.29, 0.717) is 22.8 Å². The highest BCUT2D eigenvalue weighted by molar-refractivity contribution is 7.99. The summed E-state index contributed by atoms with van der Waals surface area (Å²) in [5, 5.41) is 9.54. The number of benzene rings is 1. The first kappa shape index (κ1) is 12.5. The summed E-state index contributed by atoms with van der Waals surface area (Å²) in [6, 6.07) is 2.37. The molecule has 4 nitrogen and oxygen atoms in total. The number of hydrogen-bond acceptors (Lipinski definition) is 3. The van der Waals surface area contributed by atoms with Crippen molar-refractivity contribution in [1.82, 2.24) is 4.57 Å². The second kappa shape index (κ2) is 4.25. The summed E-state index contributed by atoms with van der Waals surface area (Å²) in [5.74, 6) is -1.34. The minimum atomic E-state index is -1.29. The molecular formula is C12H7ClFNO3S. The van der Waals surface area contributed by atoms with Crippen LogP contribution in [0.1, 0.15) is 10.4 Å². The normalized spacial score (nSPS) is 13.8. The fraction of sp³-hybridized carbons (Fsp3) is 0.167. The van der Waals surface area contributed by atoms with Crippen molar-refractivity contribution in [2.45, 2.75) is 11.6 Å². The van der Waals surface area contributed by atoms with Crippen LogP contribution in [-0.2, 0) is 6.54 Å². The number of nitrogens with zero attached hydrogens (tertiary/aromatic N) is 1. The molecule has 0 saturated heterocycles. The number of aromatic carboxylic acids is 1. The van der Waals surface area contributed by atoms with Gasteiger partial charge in [0.25, 0.3) is 0 Å². The van der Waals surface area contributed by atoms with Gasteiger partial charge in [-0.05, 0) is 12.1 Å². The van der Waals surface area contributed by atoms with E-state index >= 15 is 0 Å². The van der Waals surface area contributed by atoms with Crippen molar-refractivity contribution in [3.63, 3.8) is 0 Å². The van der Waals surface area contributed by atoms with Crippen LogP contribution < -0.4 is 5.43 Å². The zero-order valence-electron chi connectivity index (χ0n) is 9.44. The molecule has 1 aliphatic heterocycles. The molecule has 0 aliphatic carbocycles. The third kappa shape index (κ3) is 1.74. The van der Waals surface area contributed by atoms with Gasteiger partial charge in [0.1, 0.15) is 11.4 Å². The van der Waals surface area contributed by atoms with Gasteiger partial charge in [0, 0.05) is 17.7 Å². The number of thioether (sulfide) groups is 1. The zero-order valence-corrected chi connectivity index (χ0v) is 11.0. The highest BCUT2D eigenvalue weighted by atomic mass is 35.5. The number of rotatable bonds is 1. The number of carbonyl (C=O) groups is 1. The molecule has 1 N–H and O–H groups in total. The molecule has 0 spiro atoms. The monoisotopic (exact) mass is 299 g/mol. The average molecular weight is 300 g/mol.